The van der Waals surface area contributed by atoms with Crippen LogP contribution in [0.25, 0.3) is 0 Å². The molecule has 6 bridgehead atoms. The van der Waals surface area contributed by atoms with E-state index >= 15 is 0 Å². The number of piperidine rings is 1. The Labute approximate surface area is 275 Å². The average Bonchev–Trinajstić information content (AvgIpc) is 3.62. The van der Waals surface area contributed by atoms with Crippen LogP contribution in [0.1, 0.15) is 35.2 Å². The molecule has 3 amide bonds. The van der Waals surface area contributed by atoms with Crippen LogP contribution in [0.5, 0.6) is 28.7 Å². The van der Waals surface area contributed by atoms with Gasteiger partial charge in [-0.1, -0.05) is 0 Å². The molecule has 0 unspecified atom stereocenters. The number of tetrazole rings is 1. The smallest absolute Gasteiger partial charge is 0.264 e. The largest absolute Gasteiger partial charge is 0.493 e. The molecule has 0 saturated carbocycles. The third-order valence-electron chi connectivity index (χ3n) is 8.11. The van der Waals surface area contributed by atoms with Gasteiger partial charge in [0.25, 0.3) is 11.8 Å². The van der Waals surface area contributed by atoms with Crippen LogP contribution in [-0.2, 0) is 22.7 Å². The van der Waals surface area contributed by atoms with Crippen molar-refractivity contribution in [3.63, 3.8) is 0 Å². The molecular weight excluding hydrogens is 625 g/mol. The number of benzene rings is 3. The SMILES string of the molecule is COc1ccc2cc1Oc1cc(F)cc(c1)CNC(=O)C1(CCN(C(=O)CCn3cnnn3)CC1)Oc1ccc(cc1)OCCNC2=O. The Morgan fingerprint density at radius 3 is 2.54 bits per heavy atom. The van der Waals surface area contributed by atoms with Gasteiger partial charge in [0.15, 0.2) is 17.1 Å². The zero-order valence-electron chi connectivity index (χ0n) is 26.2. The van der Waals surface area contributed by atoms with Crippen molar-refractivity contribution in [1.29, 1.82) is 0 Å². The molecule has 7 rings (SSSR count). The maximum absolute atomic E-state index is 14.8. The summed E-state index contributed by atoms with van der Waals surface area (Å²) in [6.07, 6.45) is 2.09. The van der Waals surface area contributed by atoms with Gasteiger partial charge in [-0.15, -0.1) is 5.10 Å². The number of likely N-dealkylation sites (tertiary alicyclic amines) is 1. The number of methoxy groups -OCH3 is 1. The van der Waals surface area contributed by atoms with E-state index in [1.165, 1.54) is 36.3 Å². The number of hydrogen-bond donors (Lipinski definition) is 2. The molecule has 1 saturated heterocycles. The van der Waals surface area contributed by atoms with Crippen LogP contribution in [0.2, 0.25) is 0 Å². The summed E-state index contributed by atoms with van der Waals surface area (Å²) in [7, 11) is 1.46. The van der Waals surface area contributed by atoms with E-state index in [0.717, 1.165) is 0 Å². The van der Waals surface area contributed by atoms with E-state index < -0.39 is 17.3 Å². The quantitative estimate of drug-likeness (QED) is 0.334. The maximum atomic E-state index is 14.8. The van der Waals surface area contributed by atoms with E-state index in [4.69, 9.17) is 18.9 Å². The highest BCUT2D eigenvalue weighted by Crippen LogP contribution is 2.34. The lowest BCUT2D eigenvalue weighted by molar-refractivity contribution is -0.146. The van der Waals surface area contributed by atoms with Gasteiger partial charge in [0.05, 0.1) is 20.2 Å². The number of carbonyl (C=O) groups excluding carboxylic acids is 3. The second-order valence-electron chi connectivity index (χ2n) is 11.3. The lowest BCUT2D eigenvalue weighted by Crippen LogP contribution is -2.58. The molecule has 250 valence electrons. The summed E-state index contributed by atoms with van der Waals surface area (Å²) >= 11 is 0. The average molecular weight is 660 g/mol. The van der Waals surface area contributed by atoms with Gasteiger partial charge in [0.2, 0.25) is 5.91 Å². The molecule has 4 heterocycles. The number of rotatable bonds is 4. The second-order valence-corrected chi connectivity index (χ2v) is 11.3. The fraction of sp³-hybridized carbons (Fsp3) is 0.333. The number of fused-ring (bicyclic) bond motifs is 8. The summed E-state index contributed by atoms with van der Waals surface area (Å²) in [6.45, 7) is 1.30. The minimum absolute atomic E-state index is 0.0288. The van der Waals surface area contributed by atoms with Gasteiger partial charge in [-0.3, -0.25) is 14.4 Å². The highest BCUT2D eigenvalue weighted by atomic mass is 19.1. The zero-order valence-corrected chi connectivity index (χ0v) is 26.2. The van der Waals surface area contributed by atoms with Crippen molar-refractivity contribution in [2.24, 2.45) is 0 Å². The molecule has 48 heavy (non-hydrogen) atoms. The van der Waals surface area contributed by atoms with Crippen molar-refractivity contribution < 1.29 is 37.7 Å². The van der Waals surface area contributed by atoms with E-state index in [-0.39, 0.29) is 75.4 Å². The predicted octanol–water partition coefficient (Wildman–Crippen LogP) is 2.88. The Kier molecular flexibility index (Phi) is 9.64. The number of halogens is 1. The van der Waals surface area contributed by atoms with Crippen LogP contribution in [0, 0.1) is 5.82 Å². The van der Waals surface area contributed by atoms with Gasteiger partial charge in [-0.05, 0) is 70.6 Å². The highest BCUT2D eigenvalue weighted by molar-refractivity contribution is 5.95. The molecular formula is C33H34FN7O7. The van der Waals surface area contributed by atoms with Crippen LogP contribution >= 0.6 is 0 Å². The number of hydrogen-bond acceptors (Lipinski definition) is 10. The summed E-state index contributed by atoms with van der Waals surface area (Å²) in [5.74, 6) is 0.255. The highest BCUT2D eigenvalue weighted by Gasteiger charge is 2.44. The molecule has 1 spiro atoms. The van der Waals surface area contributed by atoms with Gasteiger partial charge in [-0.25, -0.2) is 9.07 Å². The van der Waals surface area contributed by atoms with Crippen LogP contribution in [0.15, 0.2) is 67.0 Å². The molecule has 1 fully saturated rings. The molecule has 3 aliphatic rings. The Morgan fingerprint density at radius 2 is 1.79 bits per heavy atom. The summed E-state index contributed by atoms with van der Waals surface area (Å²) in [6, 6.07) is 15.6. The van der Waals surface area contributed by atoms with E-state index in [9.17, 15) is 18.8 Å². The lowest BCUT2D eigenvalue weighted by Gasteiger charge is -2.40. The first kappa shape index (κ1) is 32.2. The van der Waals surface area contributed by atoms with Crippen LogP contribution in [0.4, 0.5) is 4.39 Å². The molecule has 3 aromatic carbocycles. The first-order chi connectivity index (χ1) is 23.3. The number of amides is 3. The lowest BCUT2D eigenvalue weighted by atomic mass is 9.89. The minimum Gasteiger partial charge on any atom is -0.493 e. The van der Waals surface area contributed by atoms with Gasteiger partial charge < -0.3 is 34.5 Å². The van der Waals surface area contributed by atoms with E-state index in [1.807, 2.05) is 0 Å². The Balaban J connectivity index is 1.24. The van der Waals surface area contributed by atoms with Gasteiger partial charge >= 0.3 is 0 Å². The number of nitrogens with zero attached hydrogens (tertiary/aromatic N) is 5. The fourth-order valence-corrected chi connectivity index (χ4v) is 5.56. The third kappa shape index (κ3) is 7.62. The third-order valence-corrected chi connectivity index (χ3v) is 8.11. The van der Waals surface area contributed by atoms with Crippen molar-refractivity contribution >= 4 is 17.7 Å². The summed E-state index contributed by atoms with van der Waals surface area (Å²) < 4.78 is 39.9. The molecule has 1 aromatic heterocycles. The van der Waals surface area contributed by atoms with Crippen molar-refractivity contribution in [2.75, 3.05) is 33.4 Å². The van der Waals surface area contributed by atoms with E-state index in [2.05, 4.69) is 26.2 Å². The van der Waals surface area contributed by atoms with Gasteiger partial charge in [-0.2, -0.15) is 0 Å². The van der Waals surface area contributed by atoms with E-state index in [0.29, 0.717) is 34.9 Å². The van der Waals surface area contributed by atoms with Crippen molar-refractivity contribution in [3.05, 3.63) is 83.9 Å². The topological polar surface area (TPSA) is 159 Å². The number of aromatic nitrogens is 4. The van der Waals surface area contributed by atoms with Crippen molar-refractivity contribution in [2.45, 2.75) is 38.0 Å². The van der Waals surface area contributed by atoms with Crippen LogP contribution < -0.4 is 29.6 Å². The van der Waals surface area contributed by atoms with Crippen LogP contribution in [-0.4, -0.2) is 81.8 Å². The van der Waals surface area contributed by atoms with Gasteiger partial charge in [0, 0.05) is 50.5 Å². The summed E-state index contributed by atoms with van der Waals surface area (Å²) in [5.41, 5.74) is -0.560. The Hall–Kier alpha value is -5.73. The summed E-state index contributed by atoms with van der Waals surface area (Å²) in [5, 5.41) is 16.7. The molecule has 0 aliphatic carbocycles. The fourth-order valence-electron chi connectivity index (χ4n) is 5.56. The normalized spacial score (nSPS) is 16.4. The monoisotopic (exact) mass is 659 g/mol. The number of aryl methyl sites for hydroxylation is 1. The summed E-state index contributed by atoms with van der Waals surface area (Å²) in [4.78, 5) is 41.4. The number of nitrogens with one attached hydrogen (secondary N) is 2. The molecule has 2 N–H and O–H groups in total. The molecule has 14 nitrogen and oxygen atoms in total. The van der Waals surface area contributed by atoms with Crippen molar-refractivity contribution in [3.8, 4) is 28.7 Å². The molecule has 4 aromatic rings. The molecule has 0 atom stereocenters. The first-order valence-electron chi connectivity index (χ1n) is 15.4. The van der Waals surface area contributed by atoms with Crippen molar-refractivity contribution in [1.82, 2.24) is 35.7 Å². The van der Waals surface area contributed by atoms with Crippen LogP contribution in [0.3, 0.4) is 0 Å². The molecule has 15 heteroatoms. The first-order valence-corrected chi connectivity index (χ1v) is 15.4. The maximum Gasteiger partial charge on any atom is 0.264 e. The second kappa shape index (κ2) is 14.4. The zero-order chi connectivity index (χ0) is 33.5. The predicted molar refractivity (Wildman–Crippen MR) is 167 cm³/mol. The molecule has 0 radical (unpaired) electrons. The molecule has 3 aliphatic heterocycles. The number of carbonyl (C=O) groups is 3. The Morgan fingerprint density at radius 1 is 1.00 bits per heavy atom. The van der Waals surface area contributed by atoms with E-state index in [1.54, 1.807) is 47.4 Å². The minimum atomic E-state index is -1.31. The number of ether oxygens (including phenoxy) is 4. The Bertz CT molecular complexity index is 1760. The van der Waals surface area contributed by atoms with Gasteiger partial charge in [0.1, 0.15) is 36.0 Å². The standard InChI is InChI=1S/C33H34FN7O7/c1-45-28-7-2-23-18-29(28)47-27-17-22(16-24(34)19-27)20-36-32(44)33(48-26-5-3-25(4-6-26)46-15-11-35-31(23)43)9-13-40(14-10-33)30(42)8-12-41-21-37-38-39-41/h2-7,16-19,21H,8-15,20H2,1H3,(H,35,43)(H,36,44).